The molecule has 0 atom stereocenters. The molecule has 0 unspecified atom stereocenters. The minimum absolute atomic E-state index is 0.0927. The van der Waals surface area contributed by atoms with Crippen LogP contribution in [0.15, 0.2) is 41.0 Å². The van der Waals surface area contributed by atoms with E-state index >= 15 is 0 Å². The highest BCUT2D eigenvalue weighted by Crippen LogP contribution is 2.37. The molecule has 2 N–H and O–H groups in total. The Hall–Kier alpha value is -2.93. The summed E-state index contributed by atoms with van der Waals surface area (Å²) in [5.41, 5.74) is 5.16. The first-order chi connectivity index (χ1) is 13.0. The number of carbonyl (C=O) groups is 2. The van der Waals surface area contributed by atoms with E-state index in [1.165, 1.54) is 18.4 Å². The van der Waals surface area contributed by atoms with E-state index in [4.69, 9.17) is 25.5 Å². The zero-order valence-corrected chi connectivity index (χ0v) is 15.8. The maximum Gasteiger partial charge on any atom is 0.305 e. The van der Waals surface area contributed by atoms with Crippen molar-refractivity contribution >= 4 is 29.5 Å². The zero-order chi connectivity index (χ0) is 19.6. The van der Waals surface area contributed by atoms with Crippen LogP contribution in [0.3, 0.4) is 0 Å². The number of hydrogen-bond acceptors (Lipinski definition) is 5. The van der Waals surface area contributed by atoms with Gasteiger partial charge >= 0.3 is 5.91 Å². The van der Waals surface area contributed by atoms with E-state index in [0.29, 0.717) is 35.3 Å². The van der Waals surface area contributed by atoms with Gasteiger partial charge < -0.3 is 13.9 Å². The van der Waals surface area contributed by atoms with Gasteiger partial charge in [0.15, 0.2) is 17.3 Å². The molecule has 1 heterocycles. The molecule has 2 rings (SSSR count). The molecule has 0 bridgehead atoms. The second kappa shape index (κ2) is 10.3. The summed E-state index contributed by atoms with van der Waals surface area (Å²) in [6, 6.07) is 6.45. The van der Waals surface area contributed by atoms with E-state index in [9.17, 15) is 9.59 Å². The highest BCUT2D eigenvalue weighted by molar-refractivity contribution is 6.32. The fourth-order valence-corrected chi connectivity index (χ4v) is 2.37. The molecule has 2 aromatic rings. The number of carbonyl (C=O) groups excluding carboxylic acids is 2. The summed E-state index contributed by atoms with van der Waals surface area (Å²) in [5, 5.41) is 0.389. The van der Waals surface area contributed by atoms with Crippen molar-refractivity contribution < 1.29 is 23.5 Å². The van der Waals surface area contributed by atoms with Crippen LogP contribution in [-0.4, -0.2) is 25.0 Å². The third-order valence-corrected chi connectivity index (χ3v) is 3.53. The number of halogens is 1. The first-order valence-corrected chi connectivity index (χ1v) is 8.84. The van der Waals surface area contributed by atoms with Gasteiger partial charge in [-0.25, -0.2) is 0 Å². The molecule has 144 valence electrons. The second-order valence-electron chi connectivity index (χ2n) is 5.37. The average molecular weight is 393 g/mol. The molecule has 0 aliphatic carbocycles. The van der Waals surface area contributed by atoms with E-state index in [-0.39, 0.29) is 5.76 Å². The fourth-order valence-electron chi connectivity index (χ4n) is 2.09. The average Bonchev–Trinajstić information content (AvgIpc) is 3.19. The van der Waals surface area contributed by atoms with Gasteiger partial charge in [-0.1, -0.05) is 18.5 Å². The molecule has 1 aromatic heterocycles. The standard InChI is InChI=1S/C19H21ClN2O5/c1-3-9-27-18-14(20)11-13(12-16(18)25-4-2)7-8-17(23)21-22-19(24)15-6-5-10-26-15/h5-8,10-12H,3-4,9H2,1-2H3,(H,21,23)(H,22,24)/b8-7+. The SMILES string of the molecule is CCCOc1c(Cl)cc(/C=C/C(=O)NNC(=O)c2ccco2)cc1OCC. The van der Waals surface area contributed by atoms with Crippen molar-refractivity contribution in [1.82, 2.24) is 10.9 Å². The molecule has 0 saturated heterocycles. The minimum Gasteiger partial charge on any atom is -0.490 e. The number of amides is 2. The Labute approximate surface area is 162 Å². The van der Waals surface area contributed by atoms with Crippen molar-refractivity contribution in [3.63, 3.8) is 0 Å². The van der Waals surface area contributed by atoms with Crippen molar-refractivity contribution in [2.45, 2.75) is 20.3 Å². The lowest BCUT2D eigenvalue weighted by atomic mass is 10.2. The summed E-state index contributed by atoms with van der Waals surface area (Å²) in [5.74, 6) is 0.00328. The lowest BCUT2D eigenvalue weighted by Gasteiger charge is -2.14. The first-order valence-electron chi connectivity index (χ1n) is 8.46. The monoisotopic (exact) mass is 392 g/mol. The smallest absolute Gasteiger partial charge is 0.305 e. The lowest BCUT2D eigenvalue weighted by molar-refractivity contribution is -0.117. The quantitative estimate of drug-likeness (QED) is 0.529. The predicted molar refractivity (Wildman–Crippen MR) is 102 cm³/mol. The summed E-state index contributed by atoms with van der Waals surface area (Å²) in [6.07, 6.45) is 5.01. The molecule has 0 spiro atoms. The van der Waals surface area contributed by atoms with Crippen LogP contribution in [0, 0.1) is 0 Å². The van der Waals surface area contributed by atoms with Gasteiger partial charge in [0.2, 0.25) is 0 Å². The molecule has 27 heavy (non-hydrogen) atoms. The maximum absolute atomic E-state index is 11.9. The molecule has 0 saturated carbocycles. The number of hydrazine groups is 1. The summed E-state index contributed by atoms with van der Waals surface area (Å²) < 4.78 is 16.1. The van der Waals surface area contributed by atoms with Crippen LogP contribution < -0.4 is 20.3 Å². The fraction of sp³-hybridized carbons (Fsp3) is 0.263. The van der Waals surface area contributed by atoms with Crippen molar-refractivity contribution in [3.8, 4) is 11.5 Å². The van der Waals surface area contributed by atoms with E-state index in [1.54, 1.807) is 24.3 Å². The Balaban J connectivity index is 2.02. The van der Waals surface area contributed by atoms with Gasteiger partial charge in [-0.2, -0.15) is 0 Å². The summed E-state index contributed by atoms with van der Waals surface area (Å²) >= 11 is 6.27. The zero-order valence-electron chi connectivity index (χ0n) is 15.1. The Kier molecular flexibility index (Phi) is 7.76. The highest BCUT2D eigenvalue weighted by Gasteiger charge is 2.12. The van der Waals surface area contributed by atoms with Crippen LogP contribution in [0.4, 0.5) is 0 Å². The normalized spacial score (nSPS) is 10.6. The number of nitrogens with one attached hydrogen (secondary N) is 2. The number of hydrogen-bond donors (Lipinski definition) is 2. The van der Waals surface area contributed by atoms with Crippen molar-refractivity contribution in [2.24, 2.45) is 0 Å². The van der Waals surface area contributed by atoms with E-state index < -0.39 is 11.8 Å². The van der Waals surface area contributed by atoms with Crippen molar-refractivity contribution in [1.29, 1.82) is 0 Å². The van der Waals surface area contributed by atoms with Gasteiger partial charge in [0.05, 0.1) is 24.5 Å². The van der Waals surface area contributed by atoms with E-state index in [1.807, 2.05) is 13.8 Å². The molecule has 7 nitrogen and oxygen atoms in total. The maximum atomic E-state index is 11.9. The topological polar surface area (TPSA) is 89.8 Å². The highest BCUT2D eigenvalue weighted by atomic mass is 35.5. The van der Waals surface area contributed by atoms with Crippen LogP contribution >= 0.6 is 11.6 Å². The van der Waals surface area contributed by atoms with Crippen LogP contribution in [0.2, 0.25) is 5.02 Å². The lowest BCUT2D eigenvalue weighted by Crippen LogP contribution is -2.40. The third-order valence-electron chi connectivity index (χ3n) is 3.25. The Morgan fingerprint density at radius 3 is 2.70 bits per heavy atom. The Morgan fingerprint density at radius 1 is 1.22 bits per heavy atom. The predicted octanol–water partition coefficient (Wildman–Crippen LogP) is 3.59. The third kappa shape index (κ3) is 6.07. The van der Waals surface area contributed by atoms with Gasteiger partial charge in [-0.3, -0.25) is 20.4 Å². The Bertz CT molecular complexity index is 803. The van der Waals surface area contributed by atoms with Crippen LogP contribution in [0.5, 0.6) is 11.5 Å². The largest absolute Gasteiger partial charge is 0.490 e. The Morgan fingerprint density at radius 2 is 2.04 bits per heavy atom. The van der Waals surface area contributed by atoms with Crippen LogP contribution in [0.25, 0.3) is 6.08 Å². The van der Waals surface area contributed by atoms with Crippen LogP contribution in [0.1, 0.15) is 36.4 Å². The summed E-state index contributed by atoms with van der Waals surface area (Å²) in [7, 11) is 0. The van der Waals surface area contributed by atoms with E-state index in [2.05, 4.69) is 10.9 Å². The number of ether oxygens (including phenoxy) is 2. The van der Waals surface area contributed by atoms with Gasteiger partial charge in [0, 0.05) is 6.08 Å². The van der Waals surface area contributed by atoms with Gasteiger partial charge in [-0.05, 0) is 49.2 Å². The van der Waals surface area contributed by atoms with E-state index in [0.717, 1.165) is 6.42 Å². The van der Waals surface area contributed by atoms with Gasteiger partial charge in [0.25, 0.3) is 5.91 Å². The number of rotatable bonds is 8. The first kappa shape index (κ1) is 20.4. The molecular weight excluding hydrogens is 372 g/mol. The van der Waals surface area contributed by atoms with Crippen LogP contribution in [-0.2, 0) is 4.79 Å². The molecule has 1 aromatic carbocycles. The van der Waals surface area contributed by atoms with Gasteiger partial charge in [-0.15, -0.1) is 0 Å². The molecule has 0 fully saturated rings. The van der Waals surface area contributed by atoms with Crippen molar-refractivity contribution in [3.05, 3.63) is 53.0 Å². The van der Waals surface area contributed by atoms with Crippen molar-refractivity contribution in [2.75, 3.05) is 13.2 Å². The van der Waals surface area contributed by atoms with Gasteiger partial charge in [0.1, 0.15) is 0 Å². The molecule has 2 amide bonds. The second-order valence-corrected chi connectivity index (χ2v) is 5.77. The molecule has 8 heteroatoms. The number of furan rings is 1. The molecular formula is C19H21ClN2O5. The molecule has 0 radical (unpaired) electrons. The summed E-state index contributed by atoms with van der Waals surface area (Å²) in [6.45, 7) is 4.82. The summed E-state index contributed by atoms with van der Waals surface area (Å²) in [4.78, 5) is 23.5. The molecule has 0 aliphatic heterocycles. The number of benzene rings is 1. The minimum atomic E-state index is -0.555. The molecule has 0 aliphatic rings.